The van der Waals surface area contributed by atoms with Gasteiger partial charge in [-0.1, -0.05) is 35.3 Å². The number of anilines is 2. The van der Waals surface area contributed by atoms with E-state index in [4.69, 9.17) is 38.1 Å². The summed E-state index contributed by atoms with van der Waals surface area (Å²) in [6.07, 6.45) is 2.39. The van der Waals surface area contributed by atoms with Gasteiger partial charge in [0, 0.05) is 35.0 Å². The van der Waals surface area contributed by atoms with E-state index >= 15 is 0 Å². The Hall–Kier alpha value is -3.29. The van der Waals surface area contributed by atoms with Gasteiger partial charge >= 0.3 is 0 Å². The maximum atomic E-state index is 14.0. The van der Waals surface area contributed by atoms with Gasteiger partial charge in [-0.05, 0) is 36.8 Å². The number of amides is 1. The molecule has 2 aromatic carbocycles. The van der Waals surface area contributed by atoms with E-state index in [2.05, 4.69) is 10.3 Å². The van der Waals surface area contributed by atoms with Gasteiger partial charge in [-0.2, -0.15) is 0 Å². The molecule has 32 heavy (non-hydrogen) atoms. The number of pyridine rings is 1. The minimum atomic E-state index is -0.739. The van der Waals surface area contributed by atoms with Gasteiger partial charge in [-0.3, -0.25) is 4.79 Å². The molecular weight excluding hydrogens is 456 g/mol. The number of nitrogens with one attached hydrogen (secondary N) is 1. The van der Waals surface area contributed by atoms with Gasteiger partial charge in [0.1, 0.15) is 11.9 Å². The number of nitrogens with zero attached hydrogens (tertiary/aromatic N) is 1. The number of benzene rings is 2. The number of carbonyl (C=O) groups is 1. The van der Waals surface area contributed by atoms with E-state index < -0.39 is 11.9 Å². The van der Waals surface area contributed by atoms with E-state index in [-0.39, 0.29) is 27.5 Å². The fourth-order valence-corrected chi connectivity index (χ4v) is 4.11. The molecule has 6 nitrogen and oxygen atoms in total. The second-order valence-corrected chi connectivity index (χ2v) is 7.93. The van der Waals surface area contributed by atoms with Gasteiger partial charge < -0.3 is 20.2 Å². The van der Waals surface area contributed by atoms with Crippen LogP contribution < -0.4 is 15.8 Å². The molecule has 1 atom stereocenters. The van der Waals surface area contributed by atoms with Crippen LogP contribution in [0.3, 0.4) is 0 Å². The van der Waals surface area contributed by atoms with Crippen LogP contribution in [0, 0.1) is 5.82 Å². The topological polar surface area (TPSA) is 90.4 Å². The van der Waals surface area contributed by atoms with Gasteiger partial charge in [0.15, 0.2) is 11.4 Å². The first-order valence-electron chi connectivity index (χ1n) is 9.60. The number of ether oxygens (including phenoxy) is 1. The lowest BCUT2D eigenvalue weighted by molar-refractivity contribution is -0.114. The summed E-state index contributed by atoms with van der Waals surface area (Å²) in [4.78, 5) is 15.6. The molecule has 2 aromatic heterocycles. The molecular formula is C23H18Cl2FN3O3. The molecule has 1 amide bonds. The first-order valence-corrected chi connectivity index (χ1v) is 10.4. The van der Waals surface area contributed by atoms with Crippen LogP contribution in [0.5, 0.6) is 5.75 Å². The fraction of sp³-hybridized carbons (Fsp3) is 0.130. The van der Waals surface area contributed by atoms with Gasteiger partial charge in [-0.25, -0.2) is 9.37 Å². The van der Waals surface area contributed by atoms with E-state index in [9.17, 15) is 9.18 Å². The molecule has 0 unspecified atom stereocenters. The highest BCUT2D eigenvalue weighted by Crippen LogP contribution is 2.41. The van der Waals surface area contributed by atoms with Crippen molar-refractivity contribution >= 4 is 51.6 Å². The van der Waals surface area contributed by atoms with Crippen LogP contribution in [0.2, 0.25) is 10.0 Å². The van der Waals surface area contributed by atoms with Gasteiger partial charge in [0.25, 0.3) is 0 Å². The Morgan fingerprint density at radius 3 is 2.81 bits per heavy atom. The quantitative estimate of drug-likeness (QED) is 0.317. The monoisotopic (exact) mass is 473 g/mol. The van der Waals surface area contributed by atoms with E-state index in [1.165, 1.54) is 19.1 Å². The van der Waals surface area contributed by atoms with Crippen molar-refractivity contribution in [1.29, 1.82) is 0 Å². The lowest BCUT2D eigenvalue weighted by atomic mass is 10.0. The first kappa shape index (κ1) is 21.9. The molecule has 4 aromatic rings. The van der Waals surface area contributed by atoms with Crippen LogP contribution in [-0.4, -0.2) is 10.9 Å². The predicted octanol–water partition coefficient (Wildman–Crippen LogP) is 6.62. The SMILES string of the molecule is CC(=O)Nc1cccc(-c2coc3c(O[C@H](C)c4c(Cl)ccc(F)c4Cl)c(N)ncc23)c1. The van der Waals surface area contributed by atoms with E-state index in [1.807, 2.05) is 18.2 Å². The van der Waals surface area contributed by atoms with Crippen LogP contribution in [0.4, 0.5) is 15.9 Å². The van der Waals surface area contributed by atoms with Crippen LogP contribution >= 0.6 is 23.2 Å². The molecule has 0 saturated carbocycles. The standard InChI is InChI=1S/C23H18Cl2FN3O3/c1-11(19-17(24)6-7-18(26)20(19)25)32-22-21-15(9-28-23(22)27)16(10-31-21)13-4-3-5-14(8-13)29-12(2)30/h3-11H,1-2H3,(H2,27,28)(H,29,30)/t11-/m1/s1. The number of nitrogens with two attached hydrogens (primary N) is 1. The molecule has 0 radical (unpaired) electrons. The van der Waals surface area contributed by atoms with Crippen LogP contribution in [0.1, 0.15) is 25.5 Å². The number of carbonyl (C=O) groups excluding carboxylic acids is 1. The summed E-state index contributed by atoms with van der Waals surface area (Å²) in [7, 11) is 0. The largest absolute Gasteiger partial charge is 0.478 e. The van der Waals surface area contributed by atoms with Crippen molar-refractivity contribution in [3.8, 4) is 16.9 Å². The Balaban J connectivity index is 1.75. The molecule has 0 fully saturated rings. The van der Waals surface area contributed by atoms with E-state index in [1.54, 1.807) is 25.5 Å². The Bertz CT molecular complexity index is 1340. The normalized spacial score (nSPS) is 12.0. The van der Waals surface area contributed by atoms with Crippen molar-refractivity contribution < 1.29 is 18.3 Å². The molecule has 0 aliphatic carbocycles. The molecule has 0 saturated heterocycles. The van der Waals surface area contributed by atoms with Crippen molar-refractivity contribution in [2.75, 3.05) is 11.1 Å². The minimum Gasteiger partial charge on any atom is -0.478 e. The average molecular weight is 474 g/mol. The highest BCUT2D eigenvalue weighted by Gasteiger charge is 2.23. The third kappa shape index (κ3) is 4.09. The zero-order valence-corrected chi connectivity index (χ0v) is 18.6. The number of fused-ring (bicyclic) bond motifs is 1. The number of hydrogen-bond donors (Lipinski definition) is 2. The fourth-order valence-electron chi connectivity index (χ4n) is 3.44. The van der Waals surface area contributed by atoms with Gasteiger partial charge in [-0.15, -0.1) is 0 Å². The van der Waals surface area contributed by atoms with Crippen LogP contribution in [-0.2, 0) is 4.79 Å². The molecule has 164 valence electrons. The maximum Gasteiger partial charge on any atom is 0.221 e. The number of rotatable bonds is 5. The van der Waals surface area contributed by atoms with Crippen molar-refractivity contribution in [1.82, 2.24) is 4.98 Å². The Kier molecular flexibility index (Phi) is 5.95. The van der Waals surface area contributed by atoms with E-state index in [0.29, 0.717) is 22.2 Å². The van der Waals surface area contributed by atoms with Crippen molar-refractivity contribution in [2.24, 2.45) is 0 Å². The Morgan fingerprint density at radius 1 is 1.28 bits per heavy atom. The molecule has 9 heteroatoms. The molecule has 4 rings (SSSR count). The highest BCUT2D eigenvalue weighted by molar-refractivity contribution is 6.36. The first-order chi connectivity index (χ1) is 15.3. The van der Waals surface area contributed by atoms with E-state index in [0.717, 1.165) is 11.1 Å². The molecule has 0 aliphatic heterocycles. The second kappa shape index (κ2) is 8.68. The van der Waals surface area contributed by atoms with Gasteiger partial charge in [0.05, 0.1) is 16.7 Å². The molecule has 0 spiro atoms. The molecule has 0 bridgehead atoms. The van der Waals surface area contributed by atoms with Gasteiger partial charge in [0.2, 0.25) is 11.7 Å². The zero-order valence-electron chi connectivity index (χ0n) is 17.1. The highest BCUT2D eigenvalue weighted by atomic mass is 35.5. The average Bonchev–Trinajstić information content (AvgIpc) is 3.17. The van der Waals surface area contributed by atoms with Crippen molar-refractivity contribution in [2.45, 2.75) is 20.0 Å². The summed E-state index contributed by atoms with van der Waals surface area (Å²) in [5, 5.41) is 3.54. The smallest absolute Gasteiger partial charge is 0.221 e. The number of halogens is 3. The Labute approximate surface area is 193 Å². The minimum absolute atomic E-state index is 0.0981. The predicted molar refractivity (Wildman–Crippen MR) is 124 cm³/mol. The van der Waals surface area contributed by atoms with Crippen LogP contribution in [0.15, 0.2) is 53.3 Å². The lowest BCUT2D eigenvalue weighted by Crippen LogP contribution is -2.08. The third-order valence-electron chi connectivity index (χ3n) is 4.88. The number of furan rings is 1. The molecule has 2 heterocycles. The summed E-state index contributed by atoms with van der Waals surface area (Å²) in [6, 6.07) is 9.89. The van der Waals surface area contributed by atoms with Crippen molar-refractivity contribution in [3.63, 3.8) is 0 Å². The Morgan fingerprint density at radius 2 is 2.06 bits per heavy atom. The number of hydrogen-bond acceptors (Lipinski definition) is 5. The summed E-state index contributed by atoms with van der Waals surface area (Å²) >= 11 is 12.3. The zero-order chi connectivity index (χ0) is 23.0. The maximum absolute atomic E-state index is 14.0. The molecule has 0 aliphatic rings. The summed E-state index contributed by atoms with van der Waals surface area (Å²) in [6.45, 7) is 3.11. The van der Waals surface area contributed by atoms with Crippen molar-refractivity contribution in [3.05, 3.63) is 70.3 Å². The third-order valence-corrected chi connectivity index (χ3v) is 5.59. The summed E-state index contributed by atoms with van der Waals surface area (Å²) < 4.78 is 25.8. The number of aromatic nitrogens is 1. The lowest BCUT2D eigenvalue weighted by Gasteiger charge is -2.18. The second-order valence-electron chi connectivity index (χ2n) is 7.14. The number of nitrogen functional groups attached to an aromatic ring is 1. The summed E-state index contributed by atoms with van der Waals surface area (Å²) in [5.74, 6) is -0.491. The molecule has 3 N–H and O–H groups in total. The van der Waals surface area contributed by atoms with Crippen LogP contribution in [0.25, 0.3) is 22.1 Å². The summed E-state index contributed by atoms with van der Waals surface area (Å²) in [5.41, 5.74) is 8.91.